The Morgan fingerprint density at radius 1 is 1.69 bits per heavy atom. The van der Waals surface area contributed by atoms with Crippen molar-refractivity contribution in [2.45, 2.75) is 18.6 Å². The molecule has 0 aliphatic carbocycles. The van der Waals surface area contributed by atoms with Crippen LogP contribution < -0.4 is 0 Å². The van der Waals surface area contributed by atoms with Crippen molar-refractivity contribution in [3.05, 3.63) is 22.4 Å². The van der Waals surface area contributed by atoms with Gasteiger partial charge in [-0.1, -0.05) is 6.07 Å². The highest BCUT2D eigenvalue weighted by atomic mass is 32.1. The van der Waals surface area contributed by atoms with Crippen LogP contribution in [-0.2, 0) is 4.79 Å². The zero-order chi connectivity index (χ0) is 9.42. The van der Waals surface area contributed by atoms with Crippen molar-refractivity contribution in [2.75, 3.05) is 7.05 Å². The highest BCUT2D eigenvalue weighted by molar-refractivity contribution is 7.10. The fraction of sp³-hybridized carbons (Fsp3) is 0.444. The number of likely N-dealkylation sites (tertiary alicyclic amines) is 1. The molecule has 1 fully saturated rings. The van der Waals surface area contributed by atoms with Crippen LogP contribution in [0.25, 0.3) is 0 Å². The monoisotopic (exact) mass is 197 g/mol. The largest absolute Gasteiger partial charge is 0.383 e. The van der Waals surface area contributed by atoms with Gasteiger partial charge in [0.15, 0.2) is 0 Å². The molecule has 13 heavy (non-hydrogen) atoms. The second-order valence-electron chi connectivity index (χ2n) is 3.23. The molecule has 0 saturated carbocycles. The number of amides is 1. The molecule has 0 bridgehead atoms. The third-order valence-corrected chi connectivity index (χ3v) is 3.39. The van der Waals surface area contributed by atoms with Crippen molar-refractivity contribution in [3.63, 3.8) is 0 Å². The Kier molecular flexibility index (Phi) is 2.09. The molecule has 1 aliphatic heterocycles. The summed E-state index contributed by atoms with van der Waals surface area (Å²) in [6, 6.07) is 4.03. The Balaban J connectivity index is 2.23. The summed E-state index contributed by atoms with van der Waals surface area (Å²) in [5.41, 5.74) is 0. The summed E-state index contributed by atoms with van der Waals surface area (Å²) in [6.45, 7) is 0. The molecule has 1 aromatic heterocycles. The number of aliphatic hydroxyl groups excluding tert-OH is 1. The molecular weight excluding hydrogens is 186 g/mol. The Bertz CT molecular complexity index is 309. The number of hydrogen-bond donors (Lipinski definition) is 1. The molecule has 0 radical (unpaired) electrons. The van der Waals surface area contributed by atoms with Gasteiger partial charge in [0.1, 0.15) is 6.10 Å². The van der Waals surface area contributed by atoms with E-state index in [0.717, 1.165) is 4.88 Å². The van der Waals surface area contributed by atoms with Gasteiger partial charge in [0, 0.05) is 18.3 Å². The summed E-state index contributed by atoms with van der Waals surface area (Å²) >= 11 is 1.62. The lowest BCUT2D eigenvalue weighted by molar-refractivity contribution is -0.134. The summed E-state index contributed by atoms with van der Waals surface area (Å²) in [6.07, 6.45) is -0.285. The van der Waals surface area contributed by atoms with E-state index in [9.17, 15) is 9.90 Å². The van der Waals surface area contributed by atoms with Crippen LogP contribution in [0.2, 0.25) is 0 Å². The molecule has 1 amide bonds. The third kappa shape index (κ3) is 1.36. The molecule has 2 atom stereocenters. The lowest BCUT2D eigenvalue weighted by atomic mass is 10.1. The number of nitrogens with zero attached hydrogens (tertiary/aromatic N) is 1. The molecular formula is C9H11NO2S. The summed E-state index contributed by atoms with van der Waals surface area (Å²) in [7, 11) is 1.74. The summed E-state index contributed by atoms with van der Waals surface area (Å²) in [4.78, 5) is 14.1. The smallest absolute Gasteiger partial charge is 0.251 e. The molecule has 2 heterocycles. The van der Waals surface area contributed by atoms with E-state index >= 15 is 0 Å². The number of carbonyl (C=O) groups is 1. The van der Waals surface area contributed by atoms with Crippen LogP contribution in [0.5, 0.6) is 0 Å². The topological polar surface area (TPSA) is 40.5 Å². The number of aliphatic hydroxyl groups is 1. The molecule has 70 valence electrons. The summed E-state index contributed by atoms with van der Waals surface area (Å²) < 4.78 is 0. The number of carbonyl (C=O) groups excluding carboxylic acids is 1. The average Bonchev–Trinajstić information content (AvgIpc) is 2.70. The van der Waals surface area contributed by atoms with Crippen molar-refractivity contribution < 1.29 is 9.90 Å². The highest BCUT2D eigenvalue weighted by Gasteiger charge is 2.36. The Labute approximate surface area is 80.6 Å². The molecule has 1 N–H and O–H groups in total. The van der Waals surface area contributed by atoms with Gasteiger partial charge in [-0.3, -0.25) is 4.79 Å². The second kappa shape index (κ2) is 3.12. The van der Waals surface area contributed by atoms with Crippen LogP contribution in [0.15, 0.2) is 17.5 Å². The van der Waals surface area contributed by atoms with Crippen molar-refractivity contribution in [3.8, 4) is 0 Å². The van der Waals surface area contributed by atoms with Gasteiger partial charge in [0.25, 0.3) is 5.91 Å². The van der Waals surface area contributed by atoms with Gasteiger partial charge in [-0.2, -0.15) is 0 Å². The first-order valence-corrected chi connectivity index (χ1v) is 5.06. The van der Waals surface area contributed by atoms with E-state index in [4.69, 9.17) is 0 Å². The zero-order valence-corrected chi connectivity index (χ0v) is 8.12. The normalized spacial score (nSPS) is 28.5. The van der Waals surface area contributed by atoms with E-state index in [1.54, 1.807) is 23.3 Å². The van der Waals surface area contributed by atoms with E-state index in [1.165, 1.54) is 0 Å². The third-order valence-electron chi connectivity index (χ3n) is 2.42. The molecule has 1 aromatic rings. The Morgan fingerprint density at radius 3 is 2.92 bits per heavy atom. The standard InChI is InChI=1S/C9H11NO2S/c1-10-6(5-7(11)9(10)12)8-3-2-4-13-8/h2-4,6-7,11H,5H2,1H3/t6-,7-/m0/s1. The number of hydrogen-bond acceptors (Lipinski definition) is 3. The highest BCUT2D eigenvalue weighted by Crippen LogP contribution is 2.33. The molecule has 3 nitrogen and oxygen atoms in total. The van der Waals surface area contributed by atoms with E-state index in [-0.39, 0.29) is 11.9 Å². The van der Waals surface area contributed by atoms with Crippen LogP contribution >= 0.6 is 11.3 Å². The minimum Gasteiger partial charge on any atom is -0.383 e. The van der Waals surface area contributed by atoms with E-state index in [0.29, 0.717) is 6.42 Å². The first kappa shape index (κ1) is 8.72. The van der Waals surface area contributed by atoms with Crippen molar-refractivity contribution in [2.24, 2.45) is 0 Å². The van der Waals surface area contributed by atoms with E-state index in [2.05, 4.69) is 0 Å². The van der Waals surface area contributed by atoms with Crippen LogP contribution in [0.4, 0.5) is 0 Å². The van der Waals surface area contributed by atoms with Crippen molar-refractivity contribution in [1.82, 2.24) is 4.90 Å². The molecule has 0 unspecified atom stereocenters. The average molecular weight is 197 g/mol. The minimum absolute atomic E-state index is 0.0718. The number of likely N-dealkylation sites (N-methyl/N-ethyl adjacent to an activating group) is 1. The first-order chi connectivity index (χ1) is 6.20. The quantitative estimate of drug-likeness (QED) is 0.730. The molecule has 2 rings (SSSR count). The van der Waals surface area contributed by atoms with Crippen LogP contribution in [0.3, 0.4) is 0 Å². The van der Waals surface area contributed by atoms with Gasteiger partial charge < -0.3 is 10.0 Å². The predicted octanol–water partition coefficient (Wildman–Crippen LogP) is 1.01. The maximum Gasteiger partial charge on any atom is 0.251 e. The van der Waals surface area contributed by atoms with Gasteiger partial charge >= 0.3 is 0 Å². The Hall–Kier alpha value is -0.870. The van der Waals surface area contributed by atoms with E-state index < -0.39 is 6.10 Å². The lowest BCUT2D eigenvalue weighted by Crippen LogP contribution is -2.26. The van der Waals surface area contributed by atoms with Gasteiger partial charge in [-0.25, -0.2) is 0 Å². The molecule has 0 spiro atoms. The van der Waals surface area contributed by atoms with Crippen LogP contribution in [0, 0.1) is 0 Å². The maximum atomic E-state index is 11.3. The predicted molar refractivity (Wildman–Crippen MR) is 50.5 cm³/mol. The first-order valence-electron chi connectivity index (χ1n) is 4.18. The molecule has 1 aliphatic rings. The van der Waals surface area contributed by atoms with Crippen LogP contribution in [-0.4, -0.2) is 29.1 Å². The molecule has 1 saturated heterocycles. The molecule has 0 aromatic carbocycles. The van der Waals surface area contributed by atoms with Crippen molar-refractivity contribution in [1.29, 1.82) is 0 Å². The van der Waals surface area contributed by atoms with Crippen LogP contribution in [0.1, 0.15) is 17.3 Å². The summed E-state index contributed by atoms with van der Waals surface area (Å²) in [5, 5.41) is 11.3. The minimum atomic E-state index is -0.808. The molecule has 4 heteroatoms. The van der Waals surface area contributed by atoms with Gasteiger partial charge in [-0.05, 0) is 11.4 Å². The summed E-state index contributed by atoms with van der Waals surface area (Å²) in [5.74, 6) is -0.168. The van der Waals surface area contributed by atoms with Gasteiger partial charge in [-0.15, -0.1) is 11.3 Å². The van der Waals surface area contributed by atoms with E-state index in [1.807, 2.05) is 17.5 Å². The second-order valence-corrected chi connectivity index (χ2v) is 4.21. The van der Waals surface area contributed by atoms with Gasteiger partial charge in [0.2, 0.25) is 0 Å². The SMILES string of the molecule is CN1C(=O)[C@@H](O)C[C@H]1c1cccs1. The lowest BCUT2D eigenvalue weighted by Gasteiger charge is -2.17. The zero-order valence-electron chi connectivity index (χ0n) is 7.30. The Morgan fingerprint density at radius 2 is 2.46 bits per heavy atom. The fourth-order valence-corrected chi connectivity index (χ4v) is 2.53. The maximum absolute atomic E-state index is 11.3. The van der Waals surface area contributed by atoms with Crippen molar-refractivity contribution >= 4 is 17.2 Å². The van der Waals surface area contributed by atoms with Gasteiger partial charge in [0.05, 0.1) is 6.04 Å². The fourth-order valence-electron chi connectivity index (χ4n) is 1.65. The number of rotatable bonds is 1. The number of thiophene rings is 1.